The normalized spacial score (nSPS) is 16.6. The molecule has 0 bridgehead atoms. The maximum atomic E-state index is 12.2. The first-order chi connectivity index (χ1) is 11.6. The van der Waals surface area contributed by atoms with E-state index in [0.29, 0.717) is 18.8 Å². The van der Waals surface area contributed by atoms with Gasteiger partial charge in [-0.3, -0.25) is 4.90 Å². The van der Waals surface area contributed by atoms with Gasteiger partial charge >= 0.3 is 12.0 Å². The molecule has 1 aliphatic heterocycles. The van der Waals surface area contributed by atoms with Crippen molar-refractivity contribution in [3.63, 3.8) is 0 Å². The summed E-state index contributed by atoms with van der Waals surface area (Å²) >= 11 is 1.41. The molecule has 1 atom stereocenters. The molecule has 1 fully saturated rings. The molecular formula is C17H25N3O3S. The second kappa shape index (κ2) is 9.54. The standard InChI is InChI=1S/C17H25N3O3S/c1-24-13-15(16(21)22)18-17(23)20-11-9-19(10-12-20)8-7-14-5-3-2-4-6-14/h2-6,15H,7-13H2,1H3,(H,18,23)(H,21,22)/t15-/m0/s1. The van der Waals surface area contributed by atoms with Crippen molar-refractivity contribution in [2.24, 2.45) is 0 Å². The highest BCUT2D eigenvalue weighted by atomic mass is 32.2. The first kappa shape index (κ1) is 18.6. The molecule has 2 rings (SSSR count). The van der Waals surface area contributed by atoms with Crippen LogP contribution in [0.15, 0.2) is 30.3 Å². The SMILES string of the molecule is CSC[C@H](NC(=O)N1CCN(CCc2ccccc2)CC1)C(=O)O. The van der Waals surface area contributed by atoms with E-state index in [1.54, 1.807) is 4.90 Å². The van der Waals surface area contributed by atoms with E-state index in [1.165, 1.54) is 17.3 Å². The van der Waals surface area contributed by atoms with Crippen molar-refractivity contribution >= 4 is 23.8 Å². The third kappa shape index (κ3) is 5.72. The molecule has 0 unspecified atom stereocenters. The number of benzene rings is 1. The molecule has 0 aromatic heterocycles. The van der Waals surface area contributed by atoms with Gasteiger partial charge in [-0.2, -0.15) is 11.8 Å². The number of piperazine rings is 1. The Morgan fingerprint density at radius 1 is 1.21 bits per heavy atom. The number of thioether (sulfide) groups is 1. The van der Waals surface area contributed by atoms with Crippen LogP contribution >= 0.6 is 11.8 Å². The highest BCUT2D eigenvalue weighted by Crippen LogP contribution is 2.06. The molecule has 1 aromatic rings. The molecule has 0 aliphatic carbocycles. The minimum absolute atomic E-state index is 0.279. The summed E-state index contributed by atoms with van der Waals surface area (Å²) in [5.74, 6) is -0.614. The summed E-state index contributed by atoms with van der Waals surface area (Å²) in [5, 5.41) is 11.7. The van der Waals surface area contributed by atoms with Gasteiger partial charge in [0.1, 0.15) is 6.04 Å². The van der Waals surface area contributed by atoms with Gasteiger partial charge < -0.3 is 15.3 Å². The van der Waals surface area contributed by atoms with E-state index in [2.05, 4.69) is 22.3 Å². The molecule has 24 heavy (non-hydrogen) atoms. The van der Waals surface area contributed by atoms with Crippen molar-refractivity contribution in [1.82, 2.24) is 15.1 Å². The monoisotopic (exact) mass is 351 g/mol. The number of hydrogen-bond acceptors (Lipinski definition) is 4. The first-order valence-electron chi connectivity index (χ1n) is 8.13. The lowest BCUT2D eigenvalue weighted by Gasteiger charge is -2.35. The molecule has 132 valence electrons. The summed E-state index contributed by atoms with van der Waals surface area (Å²) in [7, 11) is 0. The van der Waals surface area contributed by atoms with Gasteiger partial charge in [0.15, 0.2) is 0 Å². The van der Waals surface area contributed by atoms with Crippen molar-refractivity contribution in [1.29, 1.82) is 0 Å². The zero-order valence-electron chi connectivity index (χ0n) is 14.0. The highest BCUT2D eigenvalue weighted by Gasteiger charge is 2.25. The Balaban J connectivity index is 1.73. The number of carbonyl (C=O) groups excluding carboxylic acids is 1. The van der Waals surface area contributed by atoms with Crippen LogP contribution in [0.5, 0.6) is 0 Å². The Bertz CT molecular complexity index is 533. The number of carbonyl (C=O) groups is 2. The van der Waals surface area contributed by atoms with Crippen LogP contribution in [-0.2, 0) is 11.2 Å². The van der Waals surface area contributed by atoms with E-state index in [1.807, 2.05) is 24.5 Å². The fourth-order valence-electron chi connectivity index (χ4n) is 2.69. The number of amides is 2. The summed E-state index contributed by atoms with van der Waals surface area (Å²) in [6, 6.07) is 9.25. The molecule has 0 spiro atoms. The summed E-state index contributed by atoms with van der Waals surface area (Å²) < 4.78 is 0. The molecule has 1 saturated heterocycles. The minimum Gasteiger partial charge on any atom is -0.480 e. The first-order valence-corrected chi connectivity index (χ1v) is 9.53. The number of nitrogens with one attached hydrogen (secondary N) is 1. The highest BCUT2D eigenvalue weighted by molar-refractivity contribution is 7.98. The van der Waals surface area contributed by atoms with E-state index in [-0.39, 0.29) is 6.03 Å². The Labute approximate surface area is 147 Å². The van der Waals surface area contributed by atoms with Crippen molar-refractivity contribution < 1.29 is 14.7 Å². The molecule has 1 heterocycles. The van der Waals surface area contributed by atoms with Crippen molar-refractivity contribution in [2.45, 2.75) is 12.5 Å². The quantitative estimate of drug-likeness (QED) is 0.776. The zero-order chi connectivity index (χ0) is 17.4. The van der Waals surface area contributed by atoms with E-state index in [9.17, 15) is 9.59 Å². The van der Waals surface area contributed by atoms with Gasteiger partial charge in [0.25, 0.3) is 0 Å². The molecule has 2 amide bonds. The number of rotatable bonds is 7. The zero-order valence-corrected chi connectivity index (χ0v) is 14.8. The predicted molar refractivity (Wildman–Crippen MR) is 96.5 cm³/mol. The molecule has 1 aromatic carbocycles. The van der Waals surface area contributed by atoms with E-state index in [4.69, 9.17) is 5.11 Å². The second-order valence-electron chi connectivity index (χ2n) is 5.86. The number of aliphatic carboxylic acids is 1. The predicted octanol–water partition coefficient (Wildman–Crippen LogP) is 1.37. The summed E-state index contributed by atoms with van der Waals surface area (Å²) in [4.78, 5) is 27.4. The van der Waals surface area contributed by atoms with Gasteiger partial charge in [-0.15, -0.1) is 0 Å². The lowest BCUT2D eigenvalue weighted by Crippen LogP contribution is -2.55. The number of carboxylic acid groups (broad SMARTS) is 1. The molecule has 2 N–H and O–H groups in total. The molecule has 0 saturated carbocycles. The molecular weight excluding hydrogens is 326 g/mol. The van der Waals surface area contributed by atoms with Gasteiger partial charge in [0.2, 0.25) is 0 Å². The van der Waals surface area contributed by atoms with Gasteiger partial charge in [-0.05, 0) is 18.2 Å². The number of hydrogen-bond donors (Lipinski definition) is 2. The van der Waals surface area contributed by atoms with Crippen LogP contribution in [0.25, 0.3) is 0 Å². The summed E-state index contributed by atoms with van der Waals surface area (Å²) in [5.41, 5.74) is 1.32. The lowest BCUT2D eigenvalue weighted by molar-refractivity contribution is -0.138. The topological polar surface area (TPSA) is 72.9 Å². The van der Waals surface area contributed by atoms with Crippen LogP contribution < -0.4 is 5.32 Å². The molecule has 1 aliphatic rings. The lowest BCUT2D eigenvalue weighted by atomic mass is 10.1. The molecule has 6 nitrogen and oxygen atoms in total. The number of urea groups is 1. The fourth-order valence-corrected chi connectivity index (χ4v) is 3.25. The van der Waals surface area contributed by atoms with Gasteiger partial charge in [0.05, 0.1) is 0 Å². The van der Waals surface area contributed by atoms with Crippen molar-refractivity contribution in [3.05, 3.63) is 35.9 Å². The Kier molecular flexibility index (Phi) is 7.39. The maximum Gasteiger partial charge on any atom is 0.327 e. The van der Waals surface area contributed by atoms with Crippen molar-refractivity contribution in [2.75, 3.05) is 44.7 Å². The minimum atomic E-state index is -0.987. The average molecular weight is 351 g/mol. The smallest absolute Gasteiger partial charge is 0.327 e. The van der Waals surface area contributed by atoms with E-state index >= 15 is 0 Å². The van der Waals surface area contributed by atoms with Crippen LogP contribution in [0.1, 0.15) is 5.56 Å². The Morgan fingerprint density at radius 2 is 1.88 bits per heavy atom. The van der Waals surface area contributed by atoms with E-state index in [0.717, 1.165) is 26.1 Å². The third-order valence-electron chi connectivity index (χ3n) is 4.15. The average Bonchev–Trinajstić information content (AvgIpc) is 2.60. The van der Waals surface area contributed by atoms with Crippen LogP contribution in [0.3, 0.4) is 0 Å². The van der Waals surface area contributed by atoms with Crippen LogP contribution in [0.2, 0.25) is 0 Å². The third-order valence-corrected chi connectivity index (χ3v) is 4.81. The van der Waals surface area contributed by atoms with Crippen molar-refractivity contribution in [3.8, 4) is 0 Å². The van der Waals surface area contributed by atoms with Gasteiger partial charge in [-0.1, -0.05) is 30.3 Å². The maximum absolute atomic E-state index is 12.2. The number of carboxylic acids is 1. The van der Waals surface area contributed by atoms with E-state index < -0.39 is 12.0 Å². The van der Waals surface area contributed by atoms with Crippen LogP contribution in [0.4, 0.5) is 4.79 Å². The number of nitrogens with zero attached hydrogens (tertiary/aromatic N) is 2. The Morgan fingerprint density at radius 3 is 2.46 bits per heavy atom. The van der Waals surface area contributed by atoms with Crippen LogP contribution in [0, 0.1) is 0 Å². The summed E-state index contributed by atoms with van der Waals surface area (Å²) in [6.45, 7) is 3.88. The second-order valence-corrected chi connectivity index (χ2v) is 6.77. The Hall–Kier alpha value is -1.73. The summed E-state index contributed by atoms with van der Waals surface area (Å²) in [6.07, 6.45) is 2.83. The van der Waals surface area contributed by atoms with Gasteiger partial charge in [0, 0.05) is 38.5 Å². The molecule has 0 radical (unpaired) electrons. The molecule has 7 heteroatoms. The van der Waals surface area contributed by atoms with Gasteiger partial charge in [-0.25, -0.2) is 9.59 Å². The fraction of sp³-hybridized carbons (Fsp3) is 0.529. The van der Waals surface area contributed by atoms with Crippen LogP contribution in [-0.4, -0.2) is 77.7 Å². The largest absolute Gasteiger partial charge is 0.480 e.